The van der Waals surface area contributed by atoms with Crippen molar-refractivity contribution >= 4 is 26.4 Å². The number of hydrogen-bond donors (Lipinski definition) is 1. The molecule has 1 heterocycles. The predicted octanol–water partition coefficient (Wildman–Crippen LogP) is 2.52. The number of thiophene rings is 1. The Morgan fingerprint density at radius 1 is 1.38 bits per heavy atom. The maximum absolute atomic E-state index is 10.4. The second-order valence-corrected chi connectivity index (χ2v) is 3.63. The van der Waals surface area contributed by atoms with Gasteiger partial charge in [-0.15, -0.1) is 0 Å². The van der Waals surface area contributed by atoms with Crippen LogP contribution >= 0.6 is 11.3 Å². The van der Waals surface area contributed by atoms with Crippen LogP contribution in [0.25, 0.3) is 10.1 Å². The third kappa shape index (κ3) is 1.33. The molecule has 0 bridgehead atoms. The number of aromatic hydroxyl groups is 1. The molecule has 0 radical (unpaired) electrons. The molecule has 1 aromatic carbocycles. The maximum atomic E-state index is 10.4. The van der Waals surface area contributed by atoms with E-state index >= 15 is 0 Å². The standard InChI is InChI=1S/C8H5NO3S/c10-6-1-2-7-5(3-6)4-8(13-7)9(11)12/h1-4,10H. The zero-order chi connectivity index (χ0) is 9.42. The smallest absolute Gasteiger partial charge is 0.325 e. The lowest BCUT2D eigenvalue weighted by atomic mass is 10.2. The fourth-order valence-electron chi connectivity index (χ4n) is 1.11. The number of nitro groups is 1. The van der Waals surface area contributed by atoms with Crippen LogP contribution in [0.5, 0.6) is 5.75 Å². The minimum Gasteiger partial charge on any atom is -0.508 e. The van der Waals surface area contributed by atoms with Crippen molar-refractivity contribution in [1.82, 2.24) is 0 Å². The third-order valence-corrected chi connectivity index (χ3v) is 2.73. The molecule has 0 aliphatic rings. The molecule has 0 fully saturated rings. The molecule has 66 valence electrons. The monoisotopic (exact) mass is 195 g/mol. The van der Waals surface area contributed by atoms with Crippen molar-refractivity contribution in [3.8, 4) is 5.75 Å². The van der Waals surface area contributed by atoms with E-state index in [1.807, 2.05) is 0 Å². The third-order valence-electron chi connectivity index (χ3n) is 1.67. The molecular weight excluding hydrogens is 190 g/mol. The Labute approximate surface area is 77.2 Å². The molecule has 0 atom stereocenters. The van der Waals surface area contributed by atoms with Gasteiger partial charge in [0.05, 0.1) is 4.92 Å². The minimum absolute atomic E-state index is 0.0978. The van der Waals surface area contributed by atoms with E-state index in [9.17, 15) is 10.1 Å². The van der Waals surface area contributed by atoms with E-state index in [1.165, 1.54) is 18.2 Å². The largest absolute Gasteiger partial charge is 0.508 e. The van der Waals surface area contributed by atoms with Crippen LogP contribution in [0.2, 0.25) is 0 Å². The number of rotatable bonds is 1. The first-order valence-electron chi connectivity index (χ1n) is 3.54. The number of phenolic OH excluding ortho intramolecular Hbond substituents is 1. The predicted molar refractivity (Wildman–Crippen MR) is 50.1 cm³/mol. The van der Waals surface area contributed by atoms with E-state index < -0.39 is 4.92 Å². The fourth-order valence-corrected chi connectivity index (χ4v) is 1.96. The molecule has 0 saturated carbocycles. The first-order chi connectivity index (χ1) is 6.16. The van der Waals surface area contributed by atoms with E-state index in [1.54, 1.807) is 6.07 Å². The van der Waals surface area contributed by atoms with E-state index in [0.29, 0.717) is 5.39 Å². The normalized spacial score (nSPS) is 10.5. The first kappa shape index (κ1) is 8.00. The second kappa shape index (κ2) is 2.70. The van der Waals surface area contributed by atoms with Crippen LogP contribution in [-0.4, -0.2) is 10.0 Å². The van der Waals surface area contributed by atoms with Gasteiger partial charge in [0.25, 0.3) is 0 Å². The van der Waals surface area contributed by atoms with Crippen molar-refractivity contribution in [3.63, 3.8) is 0 Å². The zero-order valence-corrected chi connectivity index (χ0v) is 7.25. The fraction of sp³-hybridized carbons (Fsp3) is 0. The lowest BCUT2D eigenvalue weighted by Crippen LogP contribution is -1.80. The molecule has 0 aliphatic carbocycles. The topological polar surface area (TPSA) is 63.4 Å². The summed E-state index contributed by atoms with van der Waals surface area (Å²) in [5.74, 6) is 0.125. The molecule has 2 aromatic rings. The van der Waals surface area contributed by atoms with Crippen LogP contribution in [0, 0.1) is 10.1 Å². The summed E-state index contributed by atoms with van der Waals surface area (Å²) in [5.41, 5.74) is 0. The van der Waals surface area contributed by atoms with E-state index in [-0.39, 0.29) is 10.8 Å². The van der Waals surface area contributed by atoms with Gasteiger partial charge in [-0.3, -0.25) is 10.1 Å². The molecule has 4 nitrogen and oxygen atoms in total. The van der Waals surface area contributed by atoms with Crippen molar-refractivity contribution in [2.45, 2.75) is 0 Å². The SMILES string of the molecule is O=[N+]([O-])c1cc2cc(O)ccc2s1. The molecule has 0 saturated heterocycles. The number of nitrogens with zero attached hydrogens (tertiary/aromatic N) is 1. The Hall–Kier alpha value is -1.62. The average molecular weight is 195 g/mol. The van der Waals surface area contributed by atoms with Gasteiger partial charge in [-0.05, 0) is 18.2 Å². The van der Waals surface area contributed by atoms with Crippen LogP contribution in [0.1, 0.15) is 0 Å². The van der Waals surface area contributed by atoms with Crippen molar-refractivity contribution in [2.75, 3.05) is 0 Å². The van der Waals surface area contributed by atoms with Gasteiger partial charge in [0.15, 0.2) is 0 Å². The number of hydrogen-bond acceptors (Lipinski definition) is 4. The van der Waals surface area contributed by atoms with Gasteiger partial charge in [0, 0.05) is 16.2 Å². The molecule has 1 aromatic heterocycles. The first-order valence-corrected chi connectivity index (χ1v) is 4.35. The van der Waals surface area contributed by atoms with Gasteiger partial charge in [0.2, 0.25) is 0 Å². The lowest BCUT2D eigenvalue weighted by Gasteiger charge is -1.88. The van der Waals surface area contributed by atoms with Crippen molar-refractivity contribution in [2.24, 2.45) is 0 Å². The zero-order valence-electron chi connectivity index (χ0n) is 6.43. The van der Waals surface area contributed by atoms with Gasteiger partial charge in [-0.1, -0.05) is 11.3 Å². The highest BCUT2D eigenvalue weighted by atomic mass is 32.1. The van der Waals surface area contributed by atoms with Crippen molar-refractivity contribution < 1.29 is 10.0 Å². The summed E-state index contributed by atoms with van der Waals surface area (Å²) in [5, 5.41) is 20.3. The highest BCUT2D eigenvalue weighted by Gasteiger charge is 2.10. The van der Waals surface area contributed by atoms with Crippen LogP contribution in [-0.2, 0) is 0 Å². The molecular formula is C8H5NO3S. The van der Waals surface area contributed by atoms with Gasteiger partial charge >= 0.3 is 5.00 Å². The molecule has 1 N–H and O–H groups in total. The Bertz CT molecular complexity index is 477. The summed E-state index contributed by atoms with van der Waals surface area (Å²) in [6.45, 7) is 0. The van der Waals surface area contributed by atoms with E-state index in [0.717, 1.165) is 16.0 Å². The summed E-state index contributed by atoms with van der Waals surface area (Å²) in [4.78, 5) is 9.98. The maximum Gasteiger partial charge on any atom is 0.325 e. The summed E-state index contributed by atoms with van der Waals surface area (Å²) < 4.78 is 0.810. The van der Waals surface area contributed by atoms with Crippen LogP contribution in [0.15, 0.2) is 24.3 Å². The van der Waals surface area contributed by atoms with Gasteiger partial charge in [0.1, 0.15) is 5.75 Å². The summed E-state index contributed by atoms with van der Waals surface area (Å²) in [6.07, 6.45) is 0. The van der Waals surface area contributed by atoms with Gasteiger partial charge in [-0.25, -0.2) is 0 Å². The summed E-state index contributed by atoms with van der Waals surface area (Å²) in [7, 11) is 0. The molecule has 5 heteroatoms. The highest BCUT2D eigenvalue weighted by Crippen LogP contribution is 2.32. The van der Waals surface area contributed by atoms with Gasteiger partial charge in [-0.2, -0.15) is 0 Å². The lowest BCUT2D eigenvalue weighted by molar-refractivity contribution is -0.380. The Balaban J connectivity index is 2.68. The van der Waals surface area contributed by atoms with Crippen LogP contribution in [0.4, 0.5) is 5.00 Å². The average Bonchev–Trinajstić information content (AvgIpc) is 2.46. The summed E-state index contributed by atoms with van der Waals surface area (Å²) >= 11 is 1.10. The molecule has 0 amide bonds. The van der Waals surface area contributed by atoms with E-state index in [2.05, 4.69) is 0 Å². The minimum atomic E-state index is -0.429. The highest BCUT2D eigenvalue weighted by molar-refractivity contribution is 7.22. The molecule has 2 rings (SSSR count). The van der Waals surface area contributed by atoms with Crippen LogP contribution in [0.3, 0.4) is 0 Å². The molecule has 0 spiro atoms. The Morgan fingerprint density at radius 2 is 2.15 bits per heavy atom. The second-order valence-electron chi connectivity index (χ2n) is 2.56. The summed E-state index contributed by atoms with van der Waals surface area (Å²) in [6, 6.07) is 6.16. The molecule has 13 heavy (non-hydrogen) atoms. The molecule has 0 unspecified atom stereocenters. The van der Waals surface area contributed by atoms with E-state index in [4.69, 9.17) is 5.11 Å². The number of phenols is 1. The molecule has 0 aliphatic heterocycles. The Kier molecular flexibility index (Phi) is 1.66. The Morgan fingerprint density at radius 3 is 2.85 bits per heavy atom. The van der Waals surface area contributed by atoms with Crippen molar-refractivity contribution in [3.05, 3.63) is 34.4 Å². The van der Waals surface area contributed by atoms with Gasteiger partial charge < -0.3 is 5.11 Å². The van der Waals surface area contributed by atoms with Crippen molar-refractivity contribution in [1.29, 1.82) is 0 Å². The quantitative estimate of drug-likeness (QED) is 0.561. The number of fused-ring (bicyclic) bond motifs is 1. The number of benzene rings is 1. The van der Waals surface area contributed by atoms with Crippen LogP contribution < -0.4 is 0 Å².